The molecule has 0 spiro atoms. The summed E-state index contributed by atoms with van der Waals surface area (Å²) in [7, 11) is 0. The van der Waals surface area contributed by atoms with Gasteiger partial charge in [0.15, 0.2) is 0 Å². The van der Waals surface area contributed by atoms with E-state index in [-0.39, 0.29) is 11.2 Å². The third kappa shape index (κ3) is 1.91. The zero-order valence-corrected chi connectivity index (χ0v) is 9.56. The van der Waals surface area contributed by atoms with Gasteiger partial charge in [-0.05, 0) is 23.1 Å². The smallest absolute Gasteiger partial charge is 0.247 e. The number of phenolic OH excluding ortho intramolecular Hbond substituents is 1. The van der Waals surface area contributed by atoms with E-state index in [1.807, 2.05) is 12.1 Å². The van der Waals surface area contributed by atoms with Gasteiger partial charge in [-0.15, -0.1) is 10.2 Å². The Balaban J connectivity index is 2.45. The van der Waals surface area contributed by atoms with Crippen LogP contribution in [0.1, 0.15) is 26.3 Å². The van der Waals surface area contributed by atoms with Gasteiger partial charge in [-0.3, -0.25) is 0 Å². The van der Waals surface area contributed by atoms with Crippen molar-refractivity contribution in [3.8, 4) is 17.2 Å². The average Bonchev–Trinajstić information content (AvgIpc) is 2.68. The van der Waals surface area contributed by atoms with Crippen LogP contribution in [0.3, 0.4) is 0 Å². The van der Waals surface area contributed by atoms with Gasteiger partial charge in [0, 0.05) is 5.56 Å². The molecular weight excluding hydrogens is 204 g/mol. The number of hydrogen-bond donors (Lipinski definition) is 1. The van der Waals surface area contributed by atoms with Gasteiger partial charge in [-0.1, -0.05) is 26.8 Å². The van der Waals surface area contributed by atoms with Crippen LogP contribution in [0.2, 0.25) is 0 Å². The third-order valence-corrected chi connectivity index (χ3v) is 2.41. The van der Waals surface area contributed by atoms with E-state index >= 15 is 0 Å². The van der Waals surface area contributed by atoms with Gasteiger partial charge >= 0.3 is 0 Å². The highest BCUT2D eigenvalue weighted by atomic mass is 16.4. The molecule has 0 bridgehead atoms. The zero-order chi connectivity index (χ0) is 11.8. The molecule has 0 aliphatic heterocycles. The maximum absolute atomic E-state index is 9.94. The van der Waals surface area contributed by atoms with Gasteiger partial charge in [-0.25, -0.2) is 0 Å². The third-order valence-electron chi connectivity index (χ3n) is 2.41. The zero-order valence-electron chi connectivity index (χ0n) is 9.56. The molecule has 84 valence electrons. The largest absolute Gasteiger partial charge is 0.508 e. The lowest BCUT2D eigenvalue weighted by Crippen LogP contribution is -2.11. The molecule has 0 saturated heterocycles. The highest BCUT2D eigenvalue weighted by Gasteiger charge is 2.18. The number of benzene rings is 1. The van der Waals surface area contributed by atoms with Crippen molar-refractivity contribution in [2.45, 2.75) is 26.2 Å². The first-order chi connectivity index (χ1) is 7.48. The quantitative estimate of drug-likeness (QED) is 0.799. The maximum Gasteiger partial charge on any atom is 0.247 e. The molecule has 1 N–H and O–H groups in total. The van der Waals surface area contributed by atoms with Gasteiger partial charge in [0.05, 0.1) is 0 Å². The molecular formula is C12H14N2O2. The minimum Gasteiger partial charge on any atom is -0.508 e. The molecule has 0 aliphatic rings. The van der Waals surface area contributed by atoms with Crippen LogP contribution < -0.4 is 0 Å². The number of phenols is 1. The van der Waals surface area contributed by atoms with E-state index in [4.69, 9.17) is 4.42 Å². The average molecular weight is 218 g/mol. The Labute approximate surface area is 93.9 Å². The Bertz CT molecular complexity index is 484. The Kier molecular flexibility index (Phi) is 2.42. The van der Waals surface area contributed by atoms with Crippen molar-refractivity contribution in [3.63, 3.8) is 0 Å². The lowest BCUT2D eigenvalue weighted by molar-refractivity contribution is 0.446. The number of aromatic nitrogens is 2. The minimum absolute atomic E-state index is 0.0859. The highest BCUT2D eigenvalue weighted by Crippen LogP contribution is 2.33. The number of nitrogens with zero attached hydrogens (tertiary/aromatic N) is 2. The molecule has 1 aromatic heterocycles. The number of rotatable bonds is 1. The van der Waals surface area contributed by atoms with Gasteiger partial charge in [0.25, 0.3) is 0 Å². The van der Waals surface area contributed by atoms with E-state index in [0.717, 1.165) is 11.1 Å². The van der Waals surface area contributed by atoms with E-state index in [0.29, 0.717) is 5.89 Å². The first kappa shape index (κ1) is 10.7. The summed E-state index contributed by atoms with van der Waals surface area (Å²) in [6.45, 7) is 6.15. The van der Waals surface area contributed by atoms with Crippen LogP contribution in [0.15, 0.2) is 29.0 Å². The van der Waals surface area contributed by atoms with Crippen LogP contribution in [0.5, 0.6) is 5.75 Å². The molecule has 0 radical (unpaired) electrons. The monoisotopic (exact) mass is 218 g/mol. The lowest BCUT2D eigenvalue weighted by Gasteiger charge is -2.20. The van der Waals surface area contributed by atoms with E-state index < -0.39 is 0 Å². The Morgan fingerprint density at radius 2 is 2.00 bits per heavy atom. The summed E-state index contributed by atoms with van der Waals surface area (Å²) in [5.74, 6) is 0.666. The van der Waals surface area contributed by atoms with Crippen LogP contribution in [0.25, 0.3) is 11.5 Å². The number of hydrogen-bond acceptors (Lipinski definition) is 4. The molecule has 16 heavy (non-hydrogen) atoms. The molecule has 0 atom stereocenters. The fourth-order valence-electron chi connectivity index (χ4n) is 1.60. The summed E-state index contributed by atoms with van der Waals surface area (Å²) < 4.78 is 5.07. The summed E-state index contributed by atoms with van der Waals surface area (Å²) in [5.41, 5.74) is 1.54. The van der Waals surface area contributed by atoms with Gasteiger partial charge in [0.1, 0.15) is 5.75 Å². The highest BCUT2D eigenvalue weighted by molar-refractivity contribution is 5.58. The standard InChI is InChI=1S/C12H14N2O2/c1-12(2,3)9-5-4-8(6-10(9)15)11-14-13-7-16-11/h4-7,15H,1-3H3. The molecule has 0 aliphatic carbocycles. The molecule has 0 amide bonds. The predicted octanol–water partition coefficient (Wildman–Crippen LogP) is 2.74. The van der Waals surface area contributed by atoms with Crippen molar-refractivity contribution in [2.24, 2.45) is 0 Å². The van der Waals surface area contributed by atoms with Crippen molar-refractivity contribution in [1.82, 2.24) is 10.2 Å². The lowest BCUT2D eigenvalue weighted by atomic mass is 9.86. The molecule has 4 heteroatoms. The van der Waals surface area contributed by atoms with Crippen molar-refractivity contribution >= 4 is 0 Å². The van der Waals surface area contributed by atoms with Crippen LogP contribution >= 0.6 is 0 Å². The fraction of sp³-hybridized carbons (Fsp3) is 0.333. The van der Waals surface area contributed by atoms with Gasteiger partial charge in [0.2, 0.25) is 12.3 Å². The van der Waals surface area contributed by atoms with E-state index in [1.165, 1.54) is 6.39 Å². The Morgan fingerprint density at radius 1 is 1.25 bits per heavy atom. The normalized spacial score (nSPS) is 11.7. The molecule has 2 rings (SSSR count). The van der Waals surface area contributed by atoms with E-state index in [2.05, 4.69) is 31.0 Å². The molecule has 1 aromatic carbocycles. The van der Waals surface area contributed by atoms with Gasteiger partial charge < -0.3 is 9.52 Å². The fourth-order valence-corrected chi connectivity index (χ4v) is 1.60. The van der Waals surface area contributed by atoms with Gasteiger partial charge in [-0.2, -0.15) is 0 Å². The molecule has 2 aromatic rings. The van der Waals surface area contributed by atoms with Crippen LogP contribution in [-0.4, -0.2) is 15.3 Å². The summed E-state index contributed by atoms with van der Waals surface area (Å²) in [4.78, 5) is 0. The van der Waals surface area contributed by atoms with Crippen LogP contribution in [0, 0.1) is 0 Å². The predicted molar refractivity (Wildman–Crippen MR) is 60.1 cm³/mol. The van der Waals surface area contributed by atoms with Crippen molar-refractivity contribution in [2.75, 3.05) is 0 Å². The summed E-state index contributed by atoms with van der Waals surface area (Å²) in [6, 6.07) is 5.40. The Morgan fingerprint density at radius 3 is 2.50 bits per heavy atom. The molecule has 1 heterocycles. The van der Waals surface area contributed by atoms with Crippen molar-refractivity contribution in [1.29, 1.82) is 0 Å². The SMILES string of the molecule is CC(C)(C)c1ccc(-c2nnco2)cc1O. The molecule has 0 saturated carbocycles. The topological polar surface area (TPSA) is 59.2 Å². The van der Waals surface area contributed by atoms with Crippen molar-refractivity contribution in [3.05, 3.63) is 30.2 Å². The summed E-state index contributed by atoms with van der Waals surface area (Å²) in [5, 5.41) is 17.3. The molecule has 4 nitrogen and oxygen atoms in total. The second-order valence-corrected chi connectivity index (χ2v) is 4.73. The molecule has 0 fully saturated rings. The number of aromatic hydroxyl groups is 1. The van der Waals surface area contributed by atoms with Crippen LogP contribution in [0.4, 0.5) is 0 Å². The summed E-state index contributed by atoms with van der Waals surface area (Å²) >= 11 is 0. The first-order valence-electron chi connectivity index (χ1n) is 5.08. The maximum atomic E-state index is 9.94. The van der Waals surface area contributed by atoms with E-state index in [1.54, 1.807) is 6.07 Å². The second-order valence-electron chi connectivity index (χ2n) is 4.73. The first-order valence-corrected chi connectivity index (χ1v) is 5.08. The Hall–Kier alpha value is -1.84. The van der Waals surface area contributed by atoms with Crippen molar-refractivity contribution < 1.29 is 9.52 Å². The second kappa shape index (κ2) is 3.63. The molecule has 0 unspecified atom stereocenters. The van der Waals surface area contributed by atoms with E-state index in [9.17, 15) is 5.11 Å². The van der Waals surface area contributed by atoms with Crippen LogP contribution in [-0.2, 0) is 5.41 Å². The minimum atomic E-state index is -0.0859. The summed E-state index contributed by atoms with van der Waals surface area (Å²) in [6.07, 6.45) is 1.27.